The Bertz CT molecular complexity index is 1290. The van der Waals surface area contributed by atoms with Crippen molar-refractivity contribution in [3.63, 3.8) is 0 Å². The number of hydrogen-bond acceptors (Lipinski definition) is 6. The molecule has 0 saturated heterocycles. The minimum atomic E-state index is -0.801. The molecule has 1 atom stereocenters. The predicted octanol–water partition coefficient (Wildman–Crippen LogP) is 19.8. The second-order valence-corrected chi connectivity index (χ2v) is 19.5. The summed E-state index contributed by atoms with van der Waals surface area (Å²) >= 11 is 0. The van der Waals surface area contributed by atoms with Crippen LogP contribution >= 0.6 is 0 Å². The lowest BCUT2D eigenvalue weighted by atomic mass is 10.0. The van der Waals surface area contributed by atoms with Crippen LogP contribution in [-0.4, -0.2) is 37.2 Å². The van der Waals surface area contributed by atoms with E-state index in [4.69, 9.17) is 14.2 Å². The molecule has 0 radical (unpaired) electrons. The number of ether oxygens (including phenoxy) is 3. The first-order valence-corrected chi connectivity index (χ1v) is 29.4. The fraction of sp³-hybridized carbons (Fsp3) is 0.762. The van der Waals surface area contributed by atoms with E-state index in [-0.39, 0.29) is 37.5 Å². The molecule has 0 aromatic rings. The minimum Gasteiger partial charge on any atom is -0.462 e. The molecule has 0 heterocycles. The first kappa shape index (κ1) is 65.8. The van der Waals surface area contributed by atoms with Crippen molar-refractivity contribution in [2.45, 2.75) is 297 Å². The quantitative estimate of drug-likeness (QED) is 0.0262. The average Bonchev–Trinajstić information content (AvgIpc) is 3.35. The van der Waals surface area contributed by atoms with Crippen LogP contribution in [0.4, 0.5) is 0 Å². The van der Waals surface area contributed by atoms with E-state index in [1.54, 1.807) is 0 Å². The third-order valence-corrected chi connectivity index (χ3v) is 12.7. The third-order valence-electron chi connectivity index (χ3n) is 12.7. The van der Waals surface area contributed by atoms with Gasteiger partial charge < -0.3 is 14.2 Å². The highest BCUT2D eigenvalue weighted by Gasteiger charge is 2.19. The van der Waals surface area contributed by atoms with Crippen LogP contribution in [0.25, 0.3) is 0 Å². The van der Waals surface area contributed by atoms with Crippen molar-refractivity contribution in [3.05, 3.63) is 72.9 Å². The molecule has 0 rings (SSSR count). The lowest BCUT2D eigenvalue weighted by Gasteiger charge is -2.18. The van der Waals surface area contributed by atoms with Gasteiger partial charge in [0.1, 0.15) is 13.2 Å². The maximum atomic E-state index is 12.8. The SMILES string of the molecule is CC/C=C\C/C=C\C/C=C\C/C=C\C/C=C\CCCC(=O)OC(COC(=O)CCCCCCCCC)COC(=O)CCCCCCCCCCCCCCCCC/C=C\CCCCCCCCCC. The van der Waals surface area contributed by atoms with Crippen molar-refractivity contribution in [1.29, 1.82) is 0 Å². The Kier molecular flexibility index (Phi) is 54.8. The van der Waals surface area contributed by atoms with Crippen molar-refractivity contribution < 1.29 is 28.6 Å². The normalized spacial score (nSPS) is 12.6. The molecule has 0 fully saturated rings. The number of unbranched alkanes of at least 4 members (excludes halogenated alkanes) is 30. The smallest absolute Gasteiger partial charge is 0.306 e. The number of carbonyl (C=O) groups excluding carboxylic acids is 3. The summed E-state index contributed by atoms with van der Waals surface area (Å²) < 4.78 is 16.7. The highest BCUT2D eigenvalue weighted by atomic mass is 16.6. The zero-order chi connectivity index (χ0) is 50.0. The number of allylic oxidation sites excluding steroid dienone is 12. The van der Waals surface area contributed by atoms with Crippen molar-refractivity contribution in [3.8, 4) is 0 Å². The summed E-state index contributed by atoms with van der Waals surface area (Å²) in [4.78, 5) is 37.9. The van der Waals surface area contributed by atoms with Gasteiger partial charge in [0.25, 0.3) is 0 Å². The van der Waals surface area contributed by atoms with E-state index in [0.717, 1.165) is 77.0 Å². The fourth-order valence-corrected chi connectivity index (χ4v) is 8.30. The summed E-state index contributed by atoms with van der Waals surface area (Å²) in [5.41, 5.74) is 0. The lowest BCUT2D eigenvalue weighted by Crippen LogP contribution is -2.30. The number of esters is 3. The van der Waals surface area contributed by atoms with Crippen LogP contribution in [0.3, 0.4) is 0 Å². The van der Waals surface area contributed by atoms with Crippen LogP contribution in [0.2, 0.25) is 0 Å². The van der Waals surface area contributed by atoms with E-state index < -0.39 is 6.10 Å². The molecule has 0 bridgehead atoms. The van der Waals surface area contributed by atoms with Gasteiger partial charge in [-0.1, -0.05) is 261 Å². The second kappa shape index (κ2) is 57.4. The summed E-state index contributed by atoms with van der Waals surface area (Å²) in [6.45, 7) is 6.45. The monoisotopic (exact) mass is 963 g/mol. The summed E-state index contributed by atoms with van der Waals surface area (Å²) in [6.07, 6.45) is 73.7. The van der Waals surface area contributed by atoms with Gasteiger partial charge in [-0.05, 0) is 83.5 Å². The molecule has 6 heteroatoms. The Morgan fingerprint density at radius 1 is 0.304 bits per heavy atom. The van der Waals surface area contributed by atoms with Crippen LogP contribution in [0.1, 0.15) is 290 Å². The molecular weight excluding hydrogens is 853 g/mol. The van der Waals surface area contributed by atoms with Gasteiger partial charge in [0.05, 0.1) is 0 Å². The predicted molar refractivity (Wildman–Crippen MR) is 298 cm³/mol. The highest BCUT2D eigenvalue weighted by molar-refractivity contribution is 5.71. The first-order valence-electron chi connectivity index (χ1n) is 29.4. The molecule has 0 aromatic carbocycles. The van der Waals surface area contributed by atoms with Crippen molar-refractivity contribution in [2.75, 3.05) is 13.2 Å². The molecule has 1 unspecified atom stereocenters. The third kappa shape index (κ3) is 55.6. The zero-order valence-corrected chi connectivity index (χ0v) is 45.6. The van der Waals surface area contributed by atoms with Crippen molar-refractivity contribution >= 4 is 17.9 Å². The zero-order valence-electron chi connectivity index (χ0n) is 45.6. The standard InChI is InChI=1S/C63H110O6/c1-4-7-10-13-16-18-20-22-24-26-27-28-29-30-31-32-33-34-35-37-38-40-42-44-47-50-53-56-62(65)68-59-60(58-67-61(64)55-52-49-46-15-12-9-6-3)69-63(66)57-54-51-48-45-43-41-39-36-25-23-21-19-17-14-11-8-5-2/h8,11,17,19,23,25-27,39,41,45,48,60H,4-7,9-10,12-16,18,20-22,24,28-38,40,42-44,46-47,49-59H2,1-3H3/b11-8-,19-17-,25-23-,27-26-,41-39-,48-45-. The minimum absolute atomic E-state index is 0.0959. The first-order chi connectivity index (χ1) is 34.0. The molecule has 0 aliphatic heterocycles. The Balaban J connectivity index is 4.16. The van der Waals surface area contributed by atoms with E-state index in [1.165, 1.54) is 167 Å². The number of rotatable bonds is 53. The van der Waals surface area contributed by atoms with E-state index in [1.807, 2.05) is 0 Å². The highest BCUT2D eigenvalue weighted by Crippen LogP contribution is 2.16. The van der Waals surface area contributed by atoms with E-state index >= 15 is 0 Å². The van der Waals surface area contributed by atoms with E-state index in [9.17, 15) is 14.4 Å². The molecule has 0 aromatic heterocycles. The summed E-state index contributed by atoms with van der Waals surface area (Å²) in [5, 5.41) is 0. The molecule has 398 valence electrons. The van der Waals surface area contributed by atoms with E-state index in [2.05, 4.69) is 93.7 Å². The fourth-order valence-electron chi connectivity index (χ4n) is 8.30. The molecule has 69 heavy (non-hydrogen) atoms. The average molecular weight is 964 g/mol. The van der Waals surface area contributed by atoms with Crippen molar-refractivity contribution in [2.24, 2.45) is 0 Å². The Hall–Kier alpha value is -3.15. The van der Waals surface area contributed by atoms with Gasteiger partial charge in [-0.15, -0.1) is 0 Å². The molecule has 0 aliphatic carbocycles. The molecule has 0 N–H and O–H groups in total. The molecule has 6 nitrogen and oxygen atoms in total. The Morgan fingerprint density at radius 3 is 0.942 bits per heavy atom. The number of carbonyl (C=O) groups is 3. The maximum Gasteiger partial charge on any atom is 0.306 e. The van der Waals surface area contributed by atoms with Gasteiger partial charge in [-0.3, -0.25) is 14.4 Å². The van der Waals surface area contributed by atoms with Gasteiger partial charge in [0.15, 0.2) is 6.10 Å². The van der Waals surface area contributed by atoms with Gasteiger partial charge in [0, 0.05) is 19.3 Å². The summed E-state index contributed by atoms with van der Waals surface area (Å²) in [5.74, 6) is -0.954. The Labute approximate surface area is 427 Å². The van der Waals surface area contributed by atoms with E-state index in [0.29, 0.717) is 19.3 Å². The number of hydrogen-bond donors (Lipinski definition) is 0. The maximum absolute atomic E-state index is 12.8. The second-order valence-electron chi connectivity index (χ2n) is 19.5. The molecule has 0 amide bonds. The van der Waals surface area contributed by atoms with Gasteiger partial charge in [0.2, 0.25) is 0 Å². The van der Waals surface area contributed by atoms with Gasteiger partial charge >= 0.3 is 17.9 Å². The lowest BCUT2D eigenvalue weighted by molar-refractivity contribution is -0.167. The van der Waals surface area contributed by atoms with Crippen LogP contribution in [-0.2, 0) is 28.6 Å². The van der Waals surface area contributed by atoms with Crippen LogP contribution < -0.4 is 0 Å². The Morgan fingerprint density at radius 2 is 0.580 bits per heavy atom. The molecule has 0 aliphatic rings. The topological polar surface area (TPSA) is 78.9 Å². The molecule has 0 saturated carbocycles. The van der Waals surface area contributed by atoms with Crippen molar-refractivity contribution in [1.82, 2.24) is 0 Å². The van der Waals surface area contributed by atoms with Crippen LogP contribution in [0.5, 0.6) is 0 Å². The van der Waals surface area contributed by atoms with Crippen LogP contribution in [0, 0.1) is 0 Å². The summed E-state index contributed by atoms with van der Waals surface area (Å²) in [7, 11) is 0. The van der Waals surface area contributed by atoms with Gasteiger partial charge in [-0.2, -0.15) is 0 Å². The molecular formula is C63H110O6. The summed E-state index contributed by atoms with van der Waals surface area (Å²) in [6, 6.07) is 0. The molecule has 0 spiro atoms. The largest absolute Gasteiger partial charge is 0.462 e. The van der Waals surface area contributed by atoms with Gasteiger partial charge in [-0.25, -0.2) is 0 Å². The van der Waals surface area contributed by atoms with Crippen LogP contribution in [0.15, 0.2) is 72.9 Å².